The first kappa shape index (κ1) is 12.4. The molecule has 0 saturated heterocycles. The topological polar surface area (TPSA) is 37.3 Å². The van der Waals surface area contributed by atoms with E-state index in [1.807, 2.05) is 0 Å². The van der Waals surface area contributed by atoms with Crippen molar-refractivity contribution in [1.82, 2.24) is 0 Å². The minimum atomic E-state index is -0.358. The van der Waals surface area contributed by atoms with Crippen molar-refractivity contribution in [2.75, 3.05) is 0 Å². The Hall–Kier alpha value is -0.630. The molecule has 0 saturated carbocycles. The number of hydrogen-bond donors (Lipinski definition) is 1. The van der Waals surface area contributed by atoms with Gasteiger partial charge in [0.25, 0.3) is 0 Å². The third-order valence-corrected chi connectivity index (χ3v) is 2.37. The molecule has 2 nitrogen and oxygen atoms in total. The quantitative estimate of drug-likeness (QED) is 0.508. The lowest BCUT2D eigenvalue weighted by Crippen LogP contribution is -2.28. The van der Waals surface area contributed by atoms with Gasteiger partial charge in [-0.05, 0) is 24.3 Å². The molecule has 0 aliphatic carbocycles. The van der Waals surface area contributed by atoms with E-state index >= 15 is 0 Å². The van der Waals surface area contributed by atoms with Crippen molar-refractivity contribution in [1.29, 1.82) is 0 Å². The van der Waals surface area contributed by atoms with Gasteiger partial charge in [0.2, 0.25) is 0 Å². The molecule has 0 aromatic rings. The minimum absolute atomic E-state index is 0.0536. The van der Waals surface area contributed by atoms with Crippen molar-refractivity contribution in [3.8, 4) is 0 Å². The third-order valence-electron chi connectivity index (χ3n) is 2.37. The summed E-state index contributed by atoms with van der Waals surface area (Å²) in [6, 6.07) is 0. The average molecular weight is 184 g/mol. The van der Waals surface area contributed by atoms with Crippen molar-refractivity contribution in [2.24, 2.45) is 5.41 Å². The fourth-order valence-corrected chi connectivity index (χ4v) is 1.39. The Morgan fingerprint density at radius 1 is 1.46 bits per heavy atom. The molecular formula is C11H20O2. The van der Waals surface area contributed by atoms with Crippen LogP contribution in [0.3, 0.4) is 0 Å². The van der Waals surface area contributed by atoms with Crippen LogP contribution < -0.4 is 0 Å². The summed E-state index contributed by atoms with van der Waals surface area (Å²) in [6.07, 6.45) is 6.17. The maximum atomic E-state index is 9.99. The van der Waals surface area contributed by atoms with Crippen molar-refractivity contribution in [3.63, 3.8) is 0 Å². The summed E-state index contributed by atoms with van der Waals surface area (Å²) in [5.74, 6) is 0. The Kier molecular flexibility index (Phi) is 5.63. The first-order valence-corrected chi connectivity index (χ1v) is 4.83. The number of carbonyl (C=O) groups is 1. The fraction of sp³-hybridized carbons (Fsp3) is 0.727. The highest BCUT2D eigenvalue weighted by Gasteiger charge is 2.25. The summed E-state index contributed by atoms with van der Waals surface area (Å²) in [7, 11) is 0. The normalized spacial score (nSPS) is 14.8. The van der Waals surface area contributed by atoms with E-state index in [-0.39, 0.29) is 11.5 Å². The van der Waals surface area contributed by atoms with Gasteiger partial charge in [-0.25, -0.2) is 0 Å². The minimum Gasteiger partial charge on any atom is -0.392 e. The summed E-state index contributed by atoms with van der Waals surface area (Å²) in [6.45, 7) is 6.21. The Morgan fingerprint density at radius 3 is 2.54 bits per heavy atom. The van der Waals surface area contributed by atoms with Crippen molar-refractivity contribution in [2.45, 2.75) is 46.1 Å². The van der Waals surface area contributed by atoms with Crippen molar-refractivity contribution in [3.05, 3.63) is 12.2 Å². The van der Waals surface area contributed by atoms with Crippen LogP contribution >= 0.6 is 0 Å². The Morgan fingerprint density at radius 2 is 2.08 bits per heavy atom. The van der Waals surface area contributed by atoms with Crippen LogP contribution in [0.2, 0.25) is 0 Å². The molecule has 76 valence electrons. The van der Waals surface area contributed by atoms with Gasteiger partial charge in [-0.2, -0.15) is 0 Å². The number of aliphatic hydroxyl groups excluding tert-OH is 1. The Labute approximate surface area is 80.7 Å². The van der Waals surface area contributed by atoms with E-state index < -0.39 is 0 Å². The Balaban J connectivity index is 3.99. The van der Waals surface area contributed by atoms with Crippen LogP contribution in [0.1, 0.15) is 40.0 Å². The van der Waals surface area contributed by atoms with E-state index in [9.17, 15) is 9.90 Å². The summed E-state index contributed by atoms with van der Waals surface area (Å²) in [4.78, 5) is 9.99. The molecule has 1 unspecified atom stereocenters. The maximum Gasteiger partial charge on any atom is 0.142 e. The third kappa shape index (κ3) is 4.83. The largest absolute Gasteiger partial charge is 0.392 e. The maximum absolute atomic E-state index is 9.99. The monoisotopic (exact) mass is 184 g/mol. The highest BCUT2D eigenvalue weighted by Crippen LogP contribution is 2.28. The number of hydrogen-bond acceptors (Lipinski definition) is 2. The van der Waals surface area contributed by atoms with E-state index in [1.54, 1.807) is 6.08 Å². The molecule has 1 N–H and O–H groups in total. The highest BCUT2D eigenvalue weighted by molar-refractivity contribution is 5.64. The predicted octanol–water partition coefficient (Wildman–Crippen LogP) is 2.32. The van der Waals surface area contributed by atoms with Crippen LogP contribution in [-0.4, -0.2) is 17.5 Å². The van der Waals surface area contributed by atoms with Gasteiger partial charge in [0.05, 0.1) is 6.10 Å². The van der Waals surface area contributed by atoms with Crippen LogP contribution in [-0.2, 0) is 4.79 Å². The van der Waals surface area contributed by atoms with Gasteiger partial charge in [-0.15, -0.1) is 0 Å². The van der Waals surface area contributed by atoms with Crippen LogP contribution in [0.5, 0.6) is 0 Å². The van der Waals surface area contributed by atoms with Gasteiger partial charge in [0, 0.05) is 0 Å². The zero-order chi connectivity index (χ0) is 10.3. The molecule has 0 rings (SSSR count). The van der Waals surface area contributed by atoms with E-state index in [0.29, 0.717) is 6.42 Å². The van der Waals surface area contributed by atoms with E-state index in [1.165, 1.54) is 6.08 Å². The van der Waals surface area contributed by atoms with Crippen LogP contribution in [0.25, 0.3) is 0 Å². The summed E-state index contributed by atoms with van der Waals surface area (Å²) < 4.78 is 0. The number of allylic oxidation sites excluding steroid dienone is 1. The smallest absolute Gasteiger partial charge is 0.142 e. The second-order valence-corrected chi connectivity index (χ2v) is 4.05. The van der Waals surface area contributed by atoms with Gasteiger partial charge in [0.1, 0.15) is 6.29 Å². The second-order valence-electron chi connectivity index (χ2n) is 4.05. The molecule has 0 aromatic carbocycles. The lowest BCUT2D eigenvalue weighted by Gasteiger charge is -2.29. The number of rotatable bonds is 6. The standard InChI is InChI=1S/C11H20O2/c1-4-8-11(2,3)10(13)7-5-6-9-12/h5-6,9-10,13H,4,7-8H2,1-3H3/b6-5+. The molecule has 0 amide bonds. The zero-order valence-corrected chi connectivity index (χ0v) is 8.79. The molecule has 0 aliphatic rings. The molecule has 0 fully saturated rings. The molecule has 13 heavy (non-hydrogen) atoms. The molecule has 2 heteroatoms. The van der Waals surface area contributed by atoms with Gasteiger partial charge in [-0.3, -0.25) is 4.79 Å². The molecule has 0 spiro atoms. The number of carbonyl (C=O) groups excluding carboxylic acids is 1. The highest BCUT2D eigenvalue weighted by atomic mass is 16.3. The molecule has 1 atom stereocenters. The number of aldehydes is 1. The summed E-state index contributed by atoms with van der Waals surface area (Å²) >= 11 is 0. The first-order chi connectivity index (χ1) is 6.04. The Bertz CT molecular complexity index is 171. The van der Waals surface area contributed by atoms with Gasteiger partial charge in [-0.1, -0.05) is 33.3 Å². The molecule has 0 bridgehead atoms. The van der Waals surface area contributed by atoms with Gasteiger partial charge >= 0.3 is 0 Å². The van der Waals surface area contributed by atoms with Gasteiger partial charge < -0.3 is 5.11 Å². The molecule has 0 radical (unpaired) electrons. The van der Waals surface area contributed by atoms with Crippen LogP contribution in [0.4, 0.5) is 0 Å². The summed E-state index contributed by atoms with van der Waals surface area (Å²) in [5, 5.41) is 9.77. The van der Waals surface area contributed by atoms with Crippen LogP contribution in [0.15, 0.2) is 12.2 Å². The second kappa shape index (κ2) is 5.92. The molecule has 0 aliphatic heterocycles. The first-order valence-electron chi connectivity index (χ1n) is 4.83. The average Bonchev–Trinajstić information content (AvgIpc) is 2.04. The van der Waals surface area contributed by atoms with E-state index in [4.69, 9.17) is 0 Å². The fourth-order valence-electron chi connectivity index (χ4n) is 1.39. The molecular weight excluding hydrogens is 164 g/mol. The molecule has 0 heterocycles. The van der Waals surface area contributed by atoms with Crippen molar-refractivity contribution < 1.29 is 9.90 Å². The van der Waals surface area contributed by atoms with Crippen molar-refractivity contribution >= 4 is 6.29 Å². The lowest BCUT2D eigenvalue weighted by molar-refractivity contribution is -0.104. The van der Waals surface area contributed by atoms with E-state index in [0.717, 1.165) is 19.1 Å². The number of aliphatic hydroxyl groups is 1. The SMILES string of the molecule is CCCC(C)(C)C(O)C/C=C/C=O. The van der Waals surface area contributed by atoms with Crippen LogP contribution in [0, 0.1) is 5.41 Å². The summed E-state index contributed by atoms with van der Waals surface area (Å²) in [5.41, 5.74) is -0.0536. The van der Waals surface area contributed by atoms with E-state index in [2.05, 4.69) is 20.8 Å². The predicted molar refractivity (Wildman–Crippen MR) is 54.5 cm³/mol. The lowest BCUT2D eigenvalue weighted by atomic mass is 9.81. The molecule has 0 aromatic heterocycles. The zero-order valence-electron chi connectivity index (χ0n) is 8.79. The van der Waals surface area contributed by atoms with Gasteiger partial charge in [0.15, 0.2) is 0 Å².